The average molecular weight is 238 g/mol. The van der Waals surface area contributed by atoms with Crippen LogP contribution in [0.1, 0.15) is 58.3 Å². The van der Waals surface area contributed by atoms with Crippen molar-refractivity contribution >= 4 is 0 Å². The minimum Gasteiger partial charge on any atom is -0.313 e. The van der Waals surface area contributed by atoms with Crippen molar-refractivity contribution in [3.63, 3.8) is 0 Å². The van der Waals surface area contributed by atoms with Crippen LogP contribution < -0.4 is 5.32 Å². The molecule has 2 nitrogen and oxygen atoms in total. The fourth-order valence-corrected chi connectivity index (χ4v) is 3.07. The van der Waals surface area contributed by atoms with Crippen LogP contribution in [0.2, 0.25) is 0 Å². The molecule has 2 saturated carbocycles. The van der Waals surface area contributed by atoms with Gasteiger partial charge in [-0.25, -0.2) is 0 Å². The zero-order chi connectivity index (χ0) is 12.1. The highest BCUT2D eigenvalue weighted by Gasteiger charge is 2.30. The maximum absolute atomic E-state index is 3.77. The fraction of sp³-hybridized carbons (Fsp3) is 1.00. The smallest absolute Gasteiger partial charge is 0.0107 e. The Morgan fingerprint density at radius 3 is 2.29 bits per heavy atom. The molecule has 17 heavy (non-hydrogen) atoms. The van der Waals surface area contributed by atoms with Gasteiger partial charge < -0.3 is 10.2 Å². The van der Waals surface area contributed by atoms with Gasteiger partial charge in [0, 0.05) is 25.2 Å². The first-order valence-electron chi connectivity index (χ1n) is 7.71. The molecule has 2 aliphatic rings. The van der Waals surface area contributed by atoms with E-state index in [1.54, 1.807) is 0 Å². The van der Waals surface area contributed by atoms with Gasteiger partial charge in [-0.1, -0.05) is 25.7 Å². The third-order valence-electron chi connectivity index (χ3n) is 4.75. The van der Waals surface area contributed by atoms with Gasteiger partial charge in [0.2, 0.25) is 0 Å². The Morgan fingerprint density at radius 2 is 1.71 bits per heavy atom. The highest BCUT2D eigenvalue weighted by atomic mass is 15.1. The molecule has 0 spiro atoms. The predicted molar refractivity (Wildman–Crippen MR) is 74.3 cm³/mol. The fourth-order valence-electron chi connectivity index (χ4n) is 3.07. The van der Waals surface area contributed by atoms with E-state index in [1.807, 2.05) is 0 Å². The second-order valence-corrected chi connectivity index (χ2v) is 6.20. The third-order valence-corrected chi connectivity index (χ3v) is 4.75. The second-order valence-electron chi connectivity index (χ2n) is 6.20. The molecule has 0 aromatic heterocycles. The van der Waals surface area contributed by atoms with Crippen molar-refractivity contribution in [1.29, 1.82) is 0 Å². The molecular formula is C15H30N2. The van der Waals surface area contributed by atoms with Crippen LogP contribution in [0.3, 0.4) is 0 Å². The summed E-state index contributed by atoms with van der Waals surface area (Å²) in [5.74, 6) is 0.998. The third kappa shape index (κ3) is 4.59. The second kappa shape index (κ2) is 6.75. The maximum Gasteiger partial charge on any atom is 0.0107 e. The molecule has 0 radical (unpaired) electrons. The number of nitrogens with one attached hydrogen (secondary N) is 1. The quantitative estimate of drug-likeness (QED) is 0.716. The van der Waals surface area contributed by atoms with Crippen LogP contribution in [0, 0.1) is 5.92 Å². The SMILES string of the molecule is CC(C1CC1)N(C)CCNC1CCCCCC1. The molecule has 1 atom stereocenters. The predicted octanol–water partition coefficient (Wildman–Crippen LogP) is 3.03. The molecule has 100 valence electrons. The van der Waals surface area contributed by atoms with Crippen LogP contribution in [-0.4, -0.2) is 37.1 Å². The van der Waals surface area contributed by atoms with Crippen LogP contribution in [-0.2, 0) is 0 Å². The Kier molecular flexibility index (Phi) is 5.30. The van der Waals surface area contributed by atoms with Gasteiger partial charge in [0.15, 0.2) is 0 Å². The summed E-state index contributed by atoms with van der Waals surface area (Å²) in [5.41, 5.74) is 0. The van der Waals surface area contributed by atoms with Crippen molar-refractivity contribution in [3.05, 3.63) is 0 Å². The van der Waals surface area contributed by atoms with Gasteiger partial charge >= 0.3 is 0 Å². The molecule has 1 N–H and O–H groups in total. The lowest BCUT2D eigenvalue weighted by molar-refractivity contribution is 0.230. The Morgan fingerprint density at radius 1 is 1.06 bits per heavy atom. The molecule has 0 amide bonds. The largest absolute Gasteiger partial charge is 0.313 e. The van der Waals surface area contributed by atoms with Crippen LogP contribution in [0.5, 0.6) is 0 Å². The number of rotatable bonds is 6. The molecule has 0 aromatic rings. The lowest BCUT2D eigenvalue weighted by Gasteiger charge is -2.26. The highest BCUT2D eigenvalue weighted by Crippen LogP contribution is 2.34. The Hall–Kier alpha value is -0.0800. The first-order valence-corrected chi connectivity index (χ1v) is 7.71. The van der Waals surface area contributed by atoms with E-state index in [1.165, 1.54) is 64.5 Å². The van der Waals surface area contributed by atoms with Crippen molar-refractivity contribution in [1.82, 2.24) is 10.2 Å². The number of likely N-dealkylation sites (N-methyl/N-ethyl adjacent to an activating group) is 1. The molecule has 2 fully saturated rings. The van der Waals surface area contributed by atoms with Gasteiger partial charge in [-0.2, -0.15) is 0 Å². The van der Waals surface area contributed by atoms with Gasteiger partial charge in [-0.15, -0.1) is 0 Å². The van der Waals surface area contributed by atoms with Gasteiger partial charge in [-0.05, 0) is 45.6 Å². The lowest BCUT2D eigenvalue weighted by atomic mass is 10.1. The van der Waals surface area contributed by atoms with Crippen LogP contribution in [0.25, 0.3) is 0 Å². The van der Waals surface area contributed by atoms with Crippen molar-refractivity contribution in [2.75, 3.05) is 20.1 Å². The van der Waals surface area contributed by atoms with E-state index in [0.29, 0.717) is 0 Å². The molecule has 0 saturated heterocycles. The normalized spacial score (nSPS) is 24.9. The van der Waals surface area contributed by atoms with E-state index in [2.05, 4.69) is 24.2 Å². The summed E-state index contributed by atoms with van der Waals surface area (Å²) < 4.78 is 0. The Labute approximate surface area is 107 Å². The van der Waals surface area contributed by atoms with E-state index in [9.17, 15) is 0 Å². The summed E-state index contributed by atoms with van der Waals surface area (Å²) >= 11 is 0. The zero-order valence-corrected chi connectivity index (χ0v) is 11.8. The molecule has 0 aromatic carbocycles. The molecule has 2 aliphatic carbocycles. The highest BCUT2D eigenvalue weighted by molar-refractivity contribution is 4.84. The maximum atomic E-state index is 3.77. The molecule has 2 heteroatoms. The topological polar surface area (TPSA) is 15.3 Å². The monoisotopic (exact) mass is 238 g/mol. The van der Waals surface area contributed by atoms with Crippen LogP contribution in [0.4, 0.5) is 0 Å². The Balaban J connectivity index is 1.57. The van der Waals surface area contributed by atoms with Gasteiger partial charge in [-0.3, -0.25) is 0 Å². The van der Waals surface area contributed by atoms with E-state index < -0.39 is 0 Å². The summed E-state index contributed by atoms with van der Waals surface area (Å²) in [7, 11) is 2.29. The van der Waals surface area contributed by atoms with E-state index >= 15 is 0 Å². The number of nitrogens with zero attached hydrogens (tertiary/aromatic N) is 1. The summed E-state index contributed by atoms with van der Waals surface area (Å²) in [5, 5.41) is 3.77. The molecule has 1 unspecified atom stereocenters. The van der Waals surface area contributed by atoms with Crippen molar-refractivity contribution < 1.29 is 0 Å². The minimum absolute atomic E-state index is 0.797. The summed E-state index contributed by atoms with van der Waals surface area (Å²) in [6.07, 6.45) is 11.5. The average Bonchev–Trinajstić information content (AvgIpc) is 3.15. The number of hydrogen-bond acceptors (Lipinski definition) is 2. The van der Waals surface area contributed by atoms with E-state index in [-0.39, 0.29) is 0 Å². The first kappa shape index (κ1) is 13.4. The van der Waals surface area contributed by atoms with Gasteiger partial charge in [0.1, 0.15) is 0 Å². The molecule has 0 heterocycles. The van der Waals surface area contributed by atoms with Gasteiger partial charge in [0.25, 0.3) is 0 Å². The minimum atomic E-state index is 0.797. The van der Waals surface area contributed by atoms with Crippen LogP contribution in [0.15, 0.2) is 0 Å². The molecule has 2 rings (SSSR count). The summed E-state index contributed by atoms with van der Waals surface area (Å²) in [6, 6.07) is 1.60. The van der Waals surface area contributed by atoms with Crippen LogP contribution >= 0.6 is 0 Å². The zero-order valence-electron chi connectivity index (χ0n) is 11.8. The summed E-state index contributed by atoms with van der Waals surface area (Å²) in [4.78, 5) is 2.54. The molecule has 0 aliphatic heterocycles. The first-order chi connectivity index (χ1) is 8.27. The molecule has 0 bridgehead atoms. The van der Waals surface area contributed by atoms with Gasteiger partial charge in [0.05, 0.1) is 0 Å². The van der Waals surface area contributed by atoms with Crippen molar-refractivity contribution in [2.24, 2.45) is 5.92 Å². The van der Waals surface area contributed by atoms with E-state index in [4.69, 9.17) is 0 Å². The summed E-state index contributed by atoms with van der Waals surface area (Å²) in [6.45, 7) is 4.79. The standard InChI is InChI=1S/C15H30N2/c1-13(14-9-10-14)17(2)12-11-16-15-7-5-3-4-6-8-15/h13-16H,3-12H2,1-2H3. The van der Waals surface area contributed by atoms with E-state index in [0.717, 1.165) is 18.0 Å². The lowest BCUT2D eigenvalue weighted by Crippen LogP contribution is -2.39. The van der Waals surface area contributed by atoms with Crippen molar-refractivity contribution in [3.8, 4) is 0 Å². The Bertz CT molecular complexity index is 203. The number of hydrogen-bond donors (Lipinski definition) is 1. The van der Waals surface area contributed by atoms with Crippen molar-refractivity contribution in [2.45, 2.75) is 70.4 Å². The molecular weight excluding hydrogens is 208 g/mol.